The predicted octanol–water partition coefficient (Wildman–Crippen LogP) is 4.44. The maximum absolute atomic E-state index is 12.6. The van der Waals surface area contributed by atoms with E-state index in [0.29, 0.717) is 23.6 Å². The molecule has 1 amide bonds. The third-order valence-electron chi connectivity index (χ3n) is 5.11. The molecule has 0 bridgehead atoms. The Morgan fingerprint density at radius 3 is 2.70 bits per heavy atom. The molecular formula is C23H23N3O3S. The number of benzene rings is 1. The van der Waals surface area contributed by atoms with Crippen LogP contribution in [0.25, 0.3) is 0 Å². The molecule has 2 aromatic heterocycles. The van der Waals surface area contributed by atoms with E-state index < -0.39 is 5.97 Å². The molecule has 1 aliphatic rings. The summed E-state index contributed by atoms with van der Waals surface area (Å²) in [5.74, 6) is -0.750. The highest BCUT2D eigenvalue weighted by Gasteiger charge is 2.18. The summed E-state index contributed by atoms with van der Waals surface area (Å²) in [7, 11) is 0. The van der Waals surface area contributed by atoms with E-state index in [-0.39, 0.29) is 11.6 Å². The minimum Gasteiger partial charge on any atom is -0.462 e. The van der Waals surface area contributed by atoms with E-state index in [9.17, 15) is 9.59 Å². The monoisotopic (exact) mass is 421 g/mol. The first-order valence-corrected chi connectivity index (χ1v) is 10.8. The summed E-state index contributed by atoms with van der Waals surface area (Å²) < 4.78 is 5.00. The summed E-state index contributed by atoms with van der Waals surface area (Å²) in [5.41, 5.74) is 4.33. The van der Waals surface area contributed by atoms with E-state index in [4.69, 9.17) is 4.74 Å². The van der Waals surface area contributed by atoms with Gasteiger partial charge in [0.25, 0.3) is 5.91 Å². The normalized spacial score (nSPS) is 12.9. The van der Waals surface area contributed by atoms with Crippen molar-refractivity contribution in [3.63, 3.8) is 0 Å². The third-order valence-corrected chi connectivity index (χ3v) is 6.13. The summed E-state index contributed by atoms with van der Waals surface area (Å²) in [4.78, 5) is 32.5. The van der Waals surface area contributed by atoms with Gasteiger partial charge in [-0.3, -0.25) is 4.79 Å². The average Bonchev–Trinajstić information content (AvgIpc) is 3.22. The van der Waals surface area contributed by atoms with Crippen molar-refractivity contribution in [2.24, 2.45) is 0 Å². The number of aromatic nitrogens is 1. The highest BCUT2D eigenvalue weighted by atomic mass is 32.1. The smallest absolute Gasteiger partial charge is 0.339 e. The molecule has 30 heavy (non-hydrogen) atoms. The van der Waals surface area contributed by atoms with Crippen LogP contribution < -0.4 is 10.2 Å². The summed E-state index contributed by atoms with van der Waals surface area (Å²) in [6, 6.07) is 13.2. The van der Waals surface area contributed by atoms with Crippen LogP contribution in [0.2, 0.25) is 0 Å². The molecule has 6 nitrogen and oxygen atoms in total. The van der Waals surface area contributed by atoms with Crippen molar-refractivity contribution >= 4 is 34.6 Å². The molecule has 0 fully saturated rings. The van der Waals surface area contributed by atoms with Crippen molar-refractivity contribution in [1.29, 1.82) is 0 Å². The molecule has 1 aliphatic heterocycles. The molecule has 0 spiro atoms. The van der Waals surface area contributed by atoms with Gasteiger partial charge in [0.15, 0.2) is 0 Å². The Hall–Kier alpha value is -3.19. The Morgan fingerprint density at radius 1 is 1.17 bits per heavy atom. The van der Waals surface area contributed by atoms with Gasteiger partial charge in [0.2, 0.25) is 0 Å². The van der Waals surface area contributed by atoms with Crippen LogP contribution in [0.5, 0.6) is 0 Å². The van der Waals surface area contributed by atoms with Crippen LogP contribution in [0.4, 0.5) is 11.4 Å². The van der Waals surface area contributed by atoms with E-state index in [1.54, 1.807) is 19.9 Å². The Balaban J connectivity index is 1.41. The molecule has 1 N–H and O–H groups in total. The SMILES string of the molecule is CCOC(=O)c1ccc(C(=O)Nc2ccc(N3CCc4sccc4C3)cc2)nc1C. The first-order valence-electron chi connectivity index (χ1n) is 9.91. The molecule has 0 radical (unpaired) electrons. The Bertz CT molecular complexity index is 1080. The molecular weight excluding hydrogens is 398 g/mol. The molecule has 7 heteroatoms. The fourth-order valence-electron chi connectivity index (χ4n) is 3.53. The van der Waals surface area contributed by atoms with Gasteiger partial charge in [-0.2, -0.15) is 0 Å². The van der Waals surface area contributed by atoms with Crippen LogP contribution in [-0.2, 0) is 17.7 Å². The zero-order valence-electron chi connectivity index (χ0n) is 17.0. The number of anilines is 2. The number of hydrogen-bond donors (Lipinski definition) is 1. The molecule has 154 valence electrons. The van der Waals surface area contributed by atoms with Crippen LogP contribution in [0, 0.1) is 6.92 Å². The van der Waals surface area contributed by atoms with Crippen LogP contribution in [-0.4, -0.2) is 30.0 Å². The minimum atomic E-state index is -0.433. The van der Waals surface area contributed by atoms with E-state index in [1.807, 2.05) is 35.6 Å². The van der Waals surface area contributed by atoms with Crippen molar-refractivity contribution < 1.29 is 14.3 Å². The fourth-order valence-corrected chi connectivity index (χ4v) is 4.42. The number of pyridine rings is 1. The molecule has 0 saturated carbocycles. The third kappa shape index (κ3) is 4.21. The van der Waals surface area contributed by atoms with E-state index in [2.05, 4.69) is 26.6 Å². The van der Waals surface area contributed by atoms with Crippen molar-refractivity contribution in [3.8, 4) is 0 Å². The lowest BCUT2D eigenvalue weighted by Crippen LogP contribution is -2.29. The summed E-state index contributed by atoms with van der Waals surface area (Å²) in [5, 5.41) is 5.02. The van der Waals surface area contributed by atoms with Crippen LogP contribution in [0.3, 0.4) is 0 Å². The zero-order chi connectivity index (χ0) is 21.1. The summed E-state index contributed by atoms with van der Waals surface area (Å²) >= 11 is 1.83. The molecule has 0 saturated heterocycles. The van der Waals surface area contributed by atoms with Gasteiger partial charge >= 0.3 is 5.97 Å². The van der Waals surface area contributed by atoms with Gasteiger partial charge in [-0.1, -0.05) is 0 Å². The maximum Gasteiger partial charge on any atom is 0.339 e. The highest BCUT2D eigenvalue weighted by Crippen LogP contribution is 2.28. The number of hydrogen-bond acceptors (Lipinski definition) is 6. The number of ether oxygens (including phenoxy) is 1. The predicted molar refractivity (Wildman–Crippen MR) is 118 cm³/mol. The minimum absolute atomic E-state index is 0.255. The topological polar surface area (TPSA) is 71.5 Å². The second-order valence-electron chi connectivity index (χ2n) is 7.09. The van der Waals surface area contributed by atoms with Crippen molar-refractivity contribution in [1.82, 2.24) is 4.98 Å². The molecule has 4 rings (SSSR count). The lowest BCUT2D eigenvalue weighted by molar-refractivity contribution is 0.0524. The number of thiophene rings is 1. The second-order valence-corrected chi connectivity index (χ2v) is 8.09. The van der Waals surface area contributed by atoms with Crippen molar-refractivity contribution in [2.45, 2.75) is 26.8 Å². The second kappa shape index (κ2) is 8.67. The number of esters is 1. The number of amides is 1. The lowest BCUT2D eigenvalue weighted by atomic mass is 10.1. The maximum atomic E-state index is 12.6. The molecule has 0 aliphatic carbocycles. The average molecular weight is 422 g/mol. The zero-order valence-corrected chi connectivity index (χ0v) is 17.8. The summed E-state index contributed by atoms with van der Waals surface area (Å²) in [6.07, 6.45) is 1.07. The number of nitrogens with one attached hydrogen (secondary N) is 1. The molecule has 1 aromatic carbocycles. The molecule has 3 heterocycles. The van der Waals surface area contributed by atoms with E-state index in [1.165, 1.54) is 16.5 Å². The first-order chi connectivity index (χ1) is 14.5. The van der Waals surface area contributed by atoms with Gasteiger partial charge in [0, 0.05) is 29.3 Å². The lowest BCUT2D eigenvalue weighted by Gasteiger charge is -2.29. The highest BCUT2D eigenvalue weighted by molar-refractivity contribution is 7.10. The van der Waals surface area contributed by atoms with E-state index in [0.717, 1.165) is 25.2 Å². The van der Waals surface area contributed by atoms with Crippen molar-refractivity contribution in [2.75, 3.05) is 23.4 Å². The Labute approximate surface area is 179 Å². The van der Waals surface area contributed by atoms with Crippen LogP contribution >= 0.6 is 11.3 Å². The number of rotatable bonds is 5. The van der Waals surface area contributed by atoms with Gasteiger partial charge in [0.05, 0.1) is 17.9 Å². The largest absolute Gasteiger partial charge is 0.462 e. The number of nitrogens with zero attached hydrogens (tertiary/aromatic N) is 2. The fraction of sp³-hybridized carbons (Fsp3) is 0.261. The molecule has 0 atom stereocenters. The molecule has 0 unspecified atom stereocenters. The Kier molecular flexibility index (Phi) is 5.81. The number of aryl methyl sites for hydroxylation is 1. The standard InChI is InChI=1S/C23H23N3O3S/c1-3-29-23(28)19-8-9-20(24-15(19)2)22(27)25-17-4-6-18(7-5-17)26-12-10-21-16(14-26)11-13-30-21/h4-9,11,13H,3,10,12,14H2,1-2H3,(H,25,27). The van der Waals surface area contributed by atoms with Gasteiger partial charge in [-0.15, -0.1) is 11.3 Å². The van der Waals surface area contributed by atoms with E-state index >= 15 is 0 Å². The quantitative estimate of drug-likeness (QED) is 0.617. The number of carbonyl (C=O) groups is 2. The summed E-state index contributed by atoms with van der Waals surface area (Å²) in [6.45, 7) is 5.64. The van der Waals surface area contributed by atoms with Crippen LogP contribution in [0.15, 0.2) is 47.8 Å². The Morgan fingerprint density at radius 2 is 1.97 bits per heavy atom. The van der Waals surface area contributed by atoms with Gasteiger partial charge in [-0.25, -0.2) is 9.78 Å². The van der Waals surface area contributed by atoms with Gasteiger partial charge in [-0.05, 0) is 73.7 Å². The number of fused-ring (bicyclic) bond motifs is 1. The number of carbonyl (C=O) groups excluding carboxylic acids is 2. The van der Waals surface area contributed by atoms with Gasteiger partial charge < -0.3 is 15.0 Å². The van der Waals surface area contributed by atoms with Crippen molar-refractivity contribution in [3.05, 3.63) is 75.2 Å². The van der Waals surface area contributed by atoms with Crippen LogP contribution in [0.1, 0.15) is 43.9 Å². The van der Waals surface area contributed by atoms with Gasteiger partial charge in [0.1, 0.15) is 5.69 Å². The molecule has 3 aromatic rings. The first kappa shape index (κ1) is 20.1.